The lowest BCUT2D eigenvalue weighted by molar-refractivity contribution is 0.0693. The average Bonchev–Trinajstić information content (AvgIpc) is 2.29. The van der Waals surface area contributed by atoms with Crippen molar-refractivity contribution in [1.82, 2.24) is 4.72 Å². The Balaban J connectivity index is 3.12. The number of hydrogen-bond acceptors (Lipinski definition) is 4. The quantitative estimate of drug-likeness (QED) is 0.686. The molecule has 0 heterocycles. The predicted octanol–water partition coefficient (Wildman–Crippen LogP) is 0.392. The van der Waals surface area contributed by atoms with Crippen LogP contribution in [0.2, 0.25) is 0 Å². The number of rotatable bonds is 4. The molecular formula is C11H11NO5S. The van der Waals surface area contributed by atoms with Gasteiger partial charge in [-0.2, -0.15) is 4.72 Å². The van der Waals surface area contributed by atoms with E-state index in [1.807, 2.05) is 0 Å². The van der Waals surface area contributed by atoms with Gasteiger partial charge in [0, 0.05) is 0 Å². The number of nitrogens with one attached hydrogen (secondary N) is 1. The van der Waals surface area contributed by atoms with E-state index in [-0.39, 0.29) is 11.4 Å². The Morgan fingerprint density at radius 1 is 1.44 bits per heavy atom. The first-order valence-corrected chi connectivity index (χ1v) is 6.32. The number of hydrogen-bond donors (Lipinski definition) is 3. The van der Waals surface area contributed by atoms with Crippen molar-refractivity contribution < 1.29 is 23.4 Å². The fraction of sp³-hybridized carbons (Fsp3) is 0.182. The molecule has 7 heteroatoms. The maximum Gasteiger partial charge on any atom is 0.339 e. The molecule has 1 aromatic carbocycles. The molecule has 6 nitrogen and oxygen atoms in total. The minimum Gasteiger partial charge on any atom is -0.507 e. The van der Waals surface area contributed by atoms with Gasteiger partial charge in [0.2, 0.25) is 10.0 Å². The Kier molecular flexibility index (Phi) is 4.31. The summed E-state index contributed by atoms with van der Waals surface area (Å²) in [6, 6.07) is 3.02. The molecule has 0 bridgehead atoms. The Morgan fingerprint density at radius 3 is 2.67 bits per heavy atom. The largest absolute Gasteiger partial charge is 0.507 e. The summed E-state index contributed by atoms with van der Waals surface area (Å²) in [5.74, 6) is 3.14. The number of carbonyl (C=O) groups is 1. The van der Waals surface area contributed by atoms with Crippen molar-refractivity contribution in [2.24, 2.45) is 0 Å². The SMILES string of the molecule is CC#CCNS(=O)(=O)c1ccc(O)c(C(=O)O)c1. The highest BCUT2D eigenvalue weighted by Crippen LogP contribution is 2.21. The topological polar surface area (TPSA) is 104 Å². The van der Waals surface area contributed by atoms with E-state index in [1.54, 1.807) is 6.92 Å². The number of carboxylic acids is 1. The molecule has 0 saturated heterocycles. The van der Waals surface area contributed by atoms with Gasteiger partial charge in [0.1, 0.15) is 11.3 Å². The number of aromatic hydroxyl groups is 1. The van der Waals surface area contributed by atoms with Crippen molar-refractivity contribution in [1.29, 1.82) is 0 Å². The van der Waals surface area contributed by atoms with E-state index >= 15 is 0 Å². The van der Waals surface area contributed by atoms with E-state index in [4.69, 9.17) is 5.11 Å². The molecule has 0 amide bonds. The maximum absolute atomic E-state index is 11.7. The zero-order chi connectivity index (χ0) is 13.8. The van der Waals surface area contributed by atoms with Gasteiger partial charge in [-0.3, -0.25) is 0 Å². The van der Waals surface area contributed by atoms with Crippen LogP contribution in [0.3, 0.4) is 0 Å². The van der Waals surface area contributed by atoms with Crippen molar-refractivity contribution in [3.8, 4) is 17.6 Å². The summed E-state index contributed by atoms with van der Waals surface area (Å²) in [6.45, 7) is 1.50. The monoisotopic (exact) mass is 269 g/mol. The van der Waals surface area contributed by atoms with Crippen LogP contribution in [0.25, 0.3) is 0 Å². The van der Waals surface area contributed by atoms with Crippen LogP contribution in [0.5, 0.6) is 5.75 Å². The van der Waals surface area contributed by atoms with E-state index in [0.717, 1.165) is 18.2 Å². The van der Waals surface area contributed by atoms with Gasteiger partial charge in [0.05, 0.1) is 11.4 Å². The Hall–Kier alpha value is -2.04. The van der Waals surface area contributed by atoms with Crippen molar-refractivity contribution in [2.45, 2.75) is 11.8 Å². The molecular weight excluding hydrogens is 258 g/mol. The van der Waals surface area contributed by atoms with Gasteiger partial charge in [-0.1, -0.05) is 5.92 Å². The highest BCUT2D eigenvalue weighted by atomic mass is 32.2. The first-order valence-electron chi connectivity index (χ1n) is 4.84. The summed E-state index contributed by atoms with van der Waals surface area (Å²) in [6.07, 6.45) is 0. The van der Waals surface area contributed by atoms with E-state index in [9.17, 15) is 18.3 Å². The molecule has 0 aliphatic heterocycles. The van der Waals surface area contributed by atoms with E-state index < -0.39 is 27.3 Å². The second-order valence-electron chi connectivity index (χ2n) is 3.24. The summed E-state index contributed by atoms with van der Waals surface area (Å²) in [4.78, 5) is 10.5. The van der Waals surface area contributed by atoms with E-state index in [2.05, 4.69) is 16.6 Å². The number of benzene rings is 1. The van der Waals surface area contributed by atoms with Crippen molar-refractivity contribution >= 4 is 16.0 Å². The van der Waals surface area contributed by atoms with Crippen molar-refractivity contribution in [3.05, 3.63) is 23.8 Å². The van der Waals surface area contributed by atoms with E-state index in [0.29, 0.717) is 0 Å². The van der Waals surface area contributed by atoms with Gasteiger partial charge in [0.15, 0.2) is 0 Å². The molecule has 0 unspecified atom stereocenters. The molecule has 0 radical (unpaired) electrons. The molecule has 96 valence electrons. The zero-order valence-corrected chi connectivity index (χ0v) is 10.3. The number of phenols is 1. The Morgan fingerprint density at radius 2 is 2.11 bits per heavy atom. The van der Waals surface area contributed by atoms with Gasteiger partial charge >= 0.3 is 5.97 Å². The molecule has 1 rings (SSSR count). The number of aromatic carboxylic acids is 1. The van der Waals surface area contributed by atoms with Crippen molar-refractivity contribution in [2.75, 3.05) is 6.54 Å². The van der Waals surface area contributed by atoms with Crippen LogP contribution in [0.1, 0.15) is 17.3 Å². The van der Waals surface area contributed by atoms with Crippen LogP contribution < -0.4 is 4.72 Å². The molecule has 3 N–H and O–H groups in total. The molecule has 18 heavy (non-hydrogen) atoms. The second-order valence-corrected chi connectivity index (χ2v) is 5.00. The van der Waals surface area contributed by atoms with Crippen LogP contribution in [-0.2, 0) is 10.0 Å². The van der Waals surface area contributed by atoms with Gasteiger partial charge in [0.25, 0.3) is 0 Å². The first-order chi connectivity index (χ1) is 8.38. The lowest BCUT2D eigenvalue weighted by Crippen LogP contribution is -2.24. The molecule has 1 aromatic rings. The molecule has 0 fully saturated rings. The third kappa shape index (κ3) is 3.23. The van der Waals surface area contributed by atoms with Crippen LogP contribution in [-0.4, -0.2) is 31.1 Å². The fourth-order valence-corrected chi connectivity index (χ4v) is 2.11. The summed E-state index contributed by atoms with van der Waals surface area (Å²) >= 11 is 0. The lowest BCUT2D eigenvalue weighted by atomic mass is 10.2. The molecule has 0 saturated carbocycles. The Bertz CT molecular complexity index is 625. The molecule has 0 aromatic heterocycles. The minimum absolute atomic E-state index is 0.0673. The number of sulfonamides is 1. The van der Waals surface area contributed by atoms with Crippen molar-refractivity contribution in [3.63, 3.8) is 0 Å². The minimum atomic E-state index is -3.83. The lowest BCUT2D eigenvalue weighted by Gasteiger charge is -2.06. The standard InChI is InChI=1S/C11H11NO5S/c1-2-3-6-12-18(16,17)8-4-5-10(13)9(7-8)11(14)15/h4-5,7,12-13H,6H2,1H3,(H,14,15). The number of carboxylic acid groups (broad SMARTS) is 1. The van der Waals surface area contributed by atoms with Gasteiger partial charge in [-0.25, -0.2) is 13.2 Å². The summed E-state index contributed by atoms with van der Waals surface area (Å²) in [5.41, 5.74) is -0.473. The summed E-state index contributed by atoms with van der Waals surface area (Å²) < 4.78 is 25.7. The zero-order valence-electron chi connectivity index (χ0n) is 9.47. The fourth-order valence-electron chi connectivity index (χ4n) is 1.16. The van der Waals surface area contributed by atoms with E-state index in [1.165, 1.54) is 0 Å². The van der Waals surface area contributed by atoms with Gasteiger partial charge < -0.3 is 10.2 Å². The third-order valence-corrected chi connectivity index (χ3v) is 3.43. The normalized spacial score (nSPS) is 10.5. The van der Waals surface area contributed by atoms with Crippen LogP contribution in [0.4, 0.5) is 0 Å². The van der Waals surface area contributed by atoms with Gasteiger partial charge in [-0.15, -0.1) is 5.92 Å². The van der Waals surface area contributed by atoms with Crippen LogP contribution >= 0.6 is 0 Å². The average molecular weight is 269 g/mol. The summed E-state index contributed by atoms with van der Waals surface area (Å²) in [7, 11) is -3.83. The highest BCUT2D eigenvalue weighted by Gasteiger charge is 2.18. The first kappa shape index (κ1) is 14.0. The predicted molar refractivity (Wildman–Crippen MR) is 63.7 cm³/mol. The molecule has 0 atom stereocenters. The van der Waals surface area contributed by atoms with Crippen LogP contribution in [0.15, 0.2) is 23.1 Å². The third-order valence-electron chi connectivity index (χ3n) is 2.04. The Labute approximate surface area is 104 Å². The highest BCUT2D eigenvalue weighted by molar-refractivity contribution is 7.89. The molecule has 0 aliphatic rings. The second kappa shape index (κ2) is 5.53. The smallest absolute Gasteiger partial charge is 0.339 e. The maximum atomic E-state index is 11.7. The van der Waals surface area contributed by atoms with Crippen LogP contribution in [0, 0.1) is 11.8 Å². The molecule has 0 aliphatic carbocycles. The van der Waals surface area contributed by atoms with Gasteiger partial charge in [-0.05, 0) is 25.1 Å². The summed E-state index contributed by atoms with van der Waals surface area (Å²) in [5, 5.41) is 18.0. The molecule has 0 spiro atoms.